The standard InChI is InChI=1S/C18H22ClN3O2/c1-17(2,3)24-16(23)15-10-14(12-5-4-6-13(19)9-12)21-22(15)18(11-20)7-8-18/h4-6,9-10H,7-8,11,20H2,1-3H3. The Hall–Kier alpha value is -1.85. The highest BCUT2D eigenvalue weighted by molar-refractivity contribution is 6.30. The Balaban J connectivity index is 2.05. The fraction of sp³-hybridized carbons (Fsp3) is 0.444. The molecule has 1 saturated carbocycles. The molecule has 1 aliphatic rings. The first kappa shape index (κ1) is 17.0. The van der Waals surface area contributed by atoms with E-state index in [4.69, 9.17) is 22.1 Å². The van der Waals surface area contributed by atoms with Gasteiger partial charge in [-0.2, -0.15) is 5.10 Å². The summed E-state index contributed by atoms with van der Waals surface area (Å²) in [5.41, 5.74) is 7.08. The summed E-state index contributed by atoms with van der Waals surface area (Å²) < 4.78 is 7.29. The summed E-state index contributed by atoms with van der Waals surface area (Å²) in [6.07, 6.45) is 1.83. The first-order valence-electron chi connectivity index (χ1n) is 8.04. The lowest BCUT2D eigenvalue weighted by atomic mass is 10.1. The smallest absolute Gasteiger partial charge is 0.357 e. The van der Waals surface area contributed by atoms with Gasteiger partial charge in [0, 0.05) is 17.1 Å². The first-order valence-corrected chi connectivity index (χ1v) is 8.42. The largest absolute Gasteiger partial charge is 0.455 e. The molecular formula is C18H22ClN3O2. The average Bonchev–Trinajstić information content (AvgIpc) is 3.16. The number of nitrogens with two attached hydrogens (primary N) is 1. The number of halogens is 1. The highest BCUT2D eigenvalue weighted by Crippen LogP contribution is 2.43. The first-order chi connectivity index (χ1) is 11.2. The predicted molar refractivity (Wildman–Crippen MR) is 94.1 cm³/mol. The number of hydrogen-bond acceptors (Lipinski definition) is 4. The molecule has 0 radical (unpaired) electrons. The third-order valence-electron chi connectivity index (χ3n) is 4.09. The van der Waals surface area contributed by atoms with E-state index in [1.807, 2.05) is 39.0 Å². The molecule has 1 heterocycles. The maximum absolute atomic E-state index is 12.6. The molecule has 0 spiro atoms. The second-order valence-electron chi connectivity index (χ2n) is 7.27. The van der Waals surface area contributed by atoms with Gasteiger partial charge in [-0.15, -0.1) is 0 Å². The number of carbonyl (C=O) groups excluding carboxylic acids is 1. The van der Waals surface area contributed by atoms with Crippen LogP contribution in [0.25, 0.3) is 11.3 Å². The van der Waals surface area contributed by atoms with Crippen LogP contribution in [0.1, 0.15) is 44.1 Å². The van der Waals surface area contributed by atoms with Crippen molar-refractivity contribution < 1.29 is 9.53 Å². The van der Waals surface area contributed by atoms with Crippen LogP contribution in [0.3, 0.4) is 0 Å². The summed E-state index contributed by atoms with van der Waals surface area (Å²) in [4.78, 5) is 12.6. The highest BCUT2D eigenvalue weighted by atomic mass is 35.5. The second kappa shape index (κ2) is 5.90. The maximum atomic E-state index is 12.6. The molecule has 1 aliphatic carbocycles. The van der Waals surface area contributed by atoms with Gasteiger partial charge in [0.25, 0.3) is 0 Å². The Kier molecular flexibility index (Phi) is 4.18. The van der Waals surface area contributed by atoms with Gasteiger partial charge >= 0.3 is 5.97 Å². The molecule has 6 heteroatoms. The van der Waals surface area contributed by atoms with Gasteiger partial charge in [0.2, 0.25) is 0 Å². The summed E-state index contributed by atoms with van der Waals surface area (Å²) in [5.74, 6) is -0.386. The van der Waals surface area contributed by atoms with E-state index in [1.54, 1.807) is 16.8 Å². The van der Waals surface area contributed by atoms with Crippen LogP contribution in [-0.4, -0.2) is 27.9 Å². The normalized spacial score (nSPS) is 16.0. The lowest BCUT2D eigenvalue weighted by Gasteiger charge is -2.21. The predicted octanol–water partition coefficient (Wildman–Crippen LogP) is 3.61. The molecule has 0 aliphatic heterocycles. The molecule has 0 atom stereocenters. The van der Waals surface area contributed by atoms with Crippen molar-refractivity contribution in [3.05, 3.63) is 41.0 Å². The third-order valence-corrected chi connectivity index (χ3v) is 4.33. The van der Waals surface area contributed by atoms with Gasteiger partial charge in [0.15, 0.2) is 0 Å². The van der Waals surface area contributed by atoms with E-state index in [2.05, 4.69) is 5.10 Å². The fourth-order valence-electron chi connectivity index (χ4n) is 2.65. The maximum Gasteiger partial charge on any atom is 0.357 e. The van der Waals surface area contributed by atoms with Crippen molar-refractivity contribution in [1.29, 1.82) is 0 Å². The van der Waals surface area contributed by atoms with Gasteiger partial charge in [-0.05, 0) is 51.8 Å². The zero-order valence-corrected chi connectivity index (χ0v) is 14.9. The average molecular weight is 348 g/mol. The van der Waals surface area contributed by atoms with E-state index >= 15 is 0 Å². The summed E-state index contributed by atoms with van der Waals surface area (Å²) in [6.45, 7) is 5.98. The van der Waals surface area contributed by atoms with Gasteiger partial charge in [0.05, 0.1) is 11.2 Å². The molecule has 0 saturated heterocycles. The van der Waals surface area contributed by atoms with Crippen LogP contribution >= 0.6 is 11.6 Å². The lowest BCUT2D eigenvalue weighted by Crippen LogP contribution is -2.33. The van der Waals surface area contributed by atoms with E-state index < -0.39 is 5.60 Å². The molecule has 1 aromatic heterocycles. The number of carbonyl (C=O) groups is 1. The van der Waals surface area contributed by atoms with Gasteiger partial charge in [-0.3, -0.25) is 4.68 Å². The number of hydrogen-bond donors (Lipinski definition) is 1. The van der Waals surface area contributed by atoms with Crippen molar-refractivity contribution in [2.24, 2.45) is 5.73 Å². The van der Waals surface area contributed by atoms with Crippen molar-refractivity contribution in [3.63, 3.8) is 0 Å². The van der Waals surface area contributed by atoms with Crippen LogP contribution in [-0.2, 0) is 10.3 Å². The Labute approximate surface area is 146 Å². The molecule has 0 amide bonds. The molecular weight excluding hydrogens is 326 g/mol. The molecule has 24 heavy (non-hydrogen) atoms. The lowest BCUT2D eigenvalue weighted by molar-refractivity contribution is 0.00524. The number of ether oxygens (including phenoxy) is 1. The van der Waals surface area contributed by atoms with Gasteiger partial charge in [0.1, 0.15) is 11.3 Å². The third kappa shape index (κ3) is 3.32. The zero-order chi connectivity index (χ0) is 17.5. The molecule has 5 nitrogen and oxygen atoms in total. The van der Waals surface area contributed by atoms with Crippen LogP contribution in [0.15, 0.2) is 30.3 Å². The van der Waals surface area contributed by atoms with E-state index in [0.717, 1.165) is 18.4 Å². The minimum atomic E-state index is -0.568. The molecule has 1 fully saturated rings. The summed E-state index contributed by atoms with van der Waals surface area (Å²) in [7, 11) is 0. The fourth-order valence-corrected chi connectivity index (χ4v) is 2.84. The Morgan fingerprint density at radius 2 is 2.08 bits per heavy atom. The van der Waals surface area contributed by atoms with E-state index in [0.29, 0.717) is 23.0 Å². The van der Waals surface area contributed by atoms with E-state index in [1.165, 1.54) is 0 Å². The quantitative estimate of drug-likeness (QED) is 0.858. The van der Waals surface area contributed by atoms with Gasteiger partial charge in [-0.25, -0.2) is 4.79 Å². The zero-order valence-electron chi connectivity index (χ0n) is 14.2. The van der Waals surface area contributed by atoms with Crippen LogP contribution in [0, 0.1) is 0 Å². The molecule has 2 aromatic rings. The highest BCUT2D eigenvalue weighted by Gasteiger charge is 2.46. The van der Waals surface area contributed by atoms with Crippen molar-refractivity contribution >= 4 is 17.6 Å². The number of benzene rings is 1. The van der Waals surface area contributed by atoms with Gasteiger partial charge in [-0.1, -0.05) is 23.7 Å². The SMILES string of the molecule is CC(C)(C)OC(=O)c1cc(-c2cccc(Cl)c2)nn1C1(CN)CC1. The summed E-state index contributed by atoms with van der Waals surface area (Å²) in [5, 5.41) is 5.28. The molecule has 1 aromatic carbocycles. The van der Waals surface area contributed by atoms with Crippen LogP contribution < -0.4 is 5.73 Å². The van der Waals surface area contributed by atoms with E-state index in [-0.39, 0.29) is 11.5 Å². The minimum absolute atomic E-state index is 0.275. The topological polar surface area (TPSA) is 70.1 Å². The molecule has 0 bridgehead atoms. The Bertz CT molecular complexity index is 773. The number of aromatic nitrogens is 2. The Morgan fingerprint density at radius 1 is 1.38 bits per heavy atom. The monoisotopic (exact) mass is 347 g/mol. The van der Waals surface area contributed by atoms with Crippen LogP contribution in [0.4, 0.5) is 0 Å². The van der Waals surface area contributed by atoms with Crippen molar-refractivity contribution in [1.82, 2.24) is 9.78 Å². The second-order valence-corrected chi connectivity index (χ2v) is 7.70. The number of rotatable bonds is 4. The molecule has 2 N–H and O–H groups in total. The molecule has 0 unspecified atom stereocenters. The summed E-state index contributed by atoms with van der Waals surface area (Å²) >= 11 is 6.07. The van der Waals surface area contributed by atoms with Crippen LogP contribution in [0.5, 0.6) is 0 Å². The minimum Gasteiger partial charge on any atom is -0.455 e. The number of nitrogens with zero attached hydrogens (tertiary/aromatic N) is 2. The molecule has 3 rings (SSSR count). The van der Waals surface area contributed by atoms with Crippen LogP contribution in [0.2, 0.25) is 5.02 Å². The molecule has 128 valence electrons. The van der Waals surface area contributed by atoms with Crippen molar-refractivity contribution in [3.8, 4) is 11.3 Å². The van der Waals surface area contributed by atoms with E-state index in [9.17, 15) is 4.79 Å². The van der Waals surface area contributed by atoms with Crippen molar-refractivity contribution in [2.75, 3.05) is 6.54 Å². The number of esters is 1. The van der Waals surface area contributed by atoms with Gasteiger partial charge < -0.3 is 10.5 Å². The summed E-state index contributed by atoms with van der Waals surface area (Å²) in [6, 6.07) is 9.17. The van der Waals surface area contributed by atoms with Crippen molar-refractivity contribution in [2.45, 2.75) is 44.8 Å². The Morgan fingerprint density at radius 3 is 2.62 bits per heavy atom.